The van der Waals surface area contributed by atoms with E-state index in [2.05, 4.69) is 0 Å². The summed E-state index contributed by atoms with van der Waals surface area (Å²) in [5.74, 6) is -0.962. The van der Waals surface area contributed by atoms with E-state index in [1.54, 1.807) is 48.5 Å². The topological polar surface area (TPSA) is 76.1 Å². The zero-order valence-corrected chi connectivity index (χ0v) is 14.7. The Bertz CT molecular complexity index is 883. The second kappa shape index (κ2) is 6.92. The highest BCUT2D eigenvalue weighted by atomic mass is 16.5. The summed E-state index contributed by atoms with van der Waals surface area (Å²) in [5, 5.41) is 10.3. The smallest absolute Gasteiger partial charge is 0.301 e. The average molecular weight is 353 g/mol. The molecule has 6 heteroatoms. The molecule has 0 unspecified atom stereocenters. The van der Waals surface area contributed by atoms with Crippen LogP contribution in [0.2, 0.25) is 0 Å². The zero-order valence-electron chi connectivity index (χ0n) is 14.7. The second-order valence-electron chi connectivity index (χ2n) is 6.03. The van der Waals surface area contributed by atoms with Crippen LogP contribution in [0, 0.1) is 0 Å². The number of benzene rings is 2. The van der Waals surface area contributed by atoms with Gasteiger partial charge in [0.05, 0.1) is 24.5 Å². The Balaban J connectivity index is 1.97. The van der Waals surface area contributed by atoms with E-state index in [4.69, 9.17) is 9.47 Å². The minimum atomic E-state index is -0.781. The molecule has 0 saturated carbocycles. The van der Waals surface area contributed by atoms with Crippen LogP contribution in [-0.4, -0.2) is 30.1 Å². The number of hydrogen-bond acceptors (Lipinski definition) is 5. The standard InChI is InChI=1S/C20H19NO5/c1-12(2)26-14-10-8-13(9-11-14)17-18(22)20(24)21(19(17)23)15-6-4-5-7-16(15)25-3/h4-12,22H,1-3H3. The van der Waals surface area contributed by atoms with Gasteiger partial charge in [-0.3, -0.25) is 9.59 Å². The quantitative estimate of drug-likeness (QED) is 0.835. The van der Waals surface area contributed by atoms with Crippen molar-refractivity contribution in [1.29, 1.82) is 0 Å². The molecule has 1 N–H and O–H groups in total. The monoisotopic (exact) mass is 353 g/mol. The van der Waals surface area contributed by atoms with Crippen molar-refractivity contribution < 1.29 is 24.2 Å². The van der Waals surface area contributed by atoms with Gasteiger partial charge >= 0.3 is 5.91 Å². The van der Waals surface area contributed by atoms with Crippen LogP contribution in [0.5, 0.6) is 11.5 Å². The van der Waals surface area contributed by atoms with Crippen molar-refractivity contribution in [1.82, 2.24) is 0 Å². The maximum Gasteiger partial charge on any atom is 0.301 e. The molecule has 0 fully saturated rings. The maximum absolute atomic E-state index is 12.9. The number of ether oxygens (including phenoxy) is 2. The average Bonchev–Trinajstić information content (AvgIpc) is 2.84. The molecule has 6 nitrogen and oxygen atoms in total. The van der Waals surface area contributed by atoms with Gasteiger partial charge in [0.15, 0.2) is 5.76 Å². The first-order valence-electron chi connectivity index (χ1n) is 8.16. The summed E-state index contributed by atoms with van der Waals surface area (Å²) in [7, 11) is 1.45. The molecule has 26 heavy (non-hydrogen) atoms. The van der Waals surface area contributed by atoms with Crippen LogP contribution < -0.4 is 14.4 Å². The third-order valence-corrected chi connectivity index (χ3v) is 3.90. The highest BCUT2D eigenvalue weighted by Crippen LogP contribution is 2.36. The largest absolute Gasteiger partial charge is 0.502 e. The van der Waals surface area contributed by atoms with Gasteiger partial charge in [0.1, 0.15) is 11.5 Å². The van der Waals surface area contributed by atoms with Gasteiger partial charge in [-0.1, -0.05) is 24.3 Å². The molecule has 1 aliphatic heterocycles. The molecule has 0 spiro atoms. The van der Waals surface area contributed by atoms with E-state index >= 15 is 0 Å². The van der Waals surface area contributed by atoms with E-state index in [1.807, 2.05) is 13.8 Å². The van der Waals surface area contributed by atoms with Gasteiger partial charge in [0.2, 0.25) is 0 Å². The first-order valence-corrected chi connectivity index (χ1v) is 8.16. The number of imide groups is 1. The number of aliphatic hydroxyl groups is 1. The number of anilines is 1. The minimum Gasteiger partial charge on any atom is -0.502 e. The number of methoxy groups -OCH3 is 1. The molecule has 0 atom stereocenters. The Morgan fingerprint density at radius 3 is 2.23 bits per heavy atom. The van der Waals surface area contributed by atoms with Gasteiger partial charge < -0.3 is 14.6 Å². The number of hydrogen-bond donors (Lipinski definition) is 1. The van der Waals surface area contributed by atoms with E-state index < -0.39 is 17.6 Å². The van der Waals surface area contributed by atoms with Crippen molar-refractivity contribution in [3.63, 3.8) is 0 Å². The lowest BCUT2D eigenvalue weighted by atomic mass is 10.1. The Morgan fingerprint density at radius 2 is 1.62 bits per heavy atom. The second-order valence-corrected chi connectivity index (χ2v) is 6.03. The van der Waals surface area contributed by atoms with E-state index in [-0.39, 0.29) is 17.4 Å². The van der Waals surface area contributed by atoms with Crippen molar-refractivity contribution in [3.8, 4) is 11.5 Å². The summed E-state index contributed by atoms with van der Waals surface area (Å²) in [6, 6.07) is 13.3. The number of para-hydroxylation sites is 2. The number of aliphatic hydroxyl groups excluding tert-OH is 1. The Kier molecular flexibility index (Phi) is 4.67. The van der Waals surface area contributed by atoms with Crippen molar-refractivity contribution in [2.24, 2.45) is 0 Å². The Morgan fingerprint density at radius 1 is 0.962 bits per heavy atom. The summed E-state index contributed by atoms with van der Waals surface area (Å²) in [4.78, 5) is 26.3. The van der Waals surface area contributed by atoms with Gasteiger partial charge in [0.25, 0.3) is 5.91 Å². The molecule has 1 aliphatic rings. The molecule has 1 heterocycles. The molecule has 0 radical (unpaired) electrons. The zero-order chi connectivity index (χ0) is 18.8. The van der Waals surface area contributed by atoms with Crippen LogP contribution in [0.3, 0.4) is 0 Å². The fourth-order valence-corrected chi connectivity index (χ4v) is 2.78. The molecule has 2 aromatic rings. The van der Waals surface area contributed by atoms with Crippen LogP contribution in [0.1, 0.15) is 19.4 Å². The number of carbonyl (C=O) groups excluding carboxylic acids is 2. The SMILES string of the molecule is COc1ccccc1N1C(=O)C(O)=C(c2ccc(OC(C)C)cc2)C1=O. The summed E-state index contributed by atoms with van der Waals surface area (Å²) in [6.07, 6.45) is 0.0178. The maximum atomic E-state index is 12.9. The Hall–Kier alpha value is -3.28. The van der Waals surface area contributed by atoms with E-state index in [0.717, 1.165) is 4.90 Å². The van der Waals surface area contributed by atoms with Crippen molar-refractivity contribution in [2.45, 2.75) is 20.0 Å². The van der Waals surface area contributed by atoms with Crippen molar-refractivity contribution in [3.05, 3.63) is 59.9 Å². The van der Waals surface area contributed by atoms with Gasteiger partial charge in [-0.2, -0.15) is 0 Å². The van der Waals surface area contributed by atoms with E-state index in [0.29, 0.717) is 17.1 Å². The highest BCUT2D eigenvalue weighted by Gasteiger charge is 2.41. The van der Waals surface area contributed by atoms with Gasteiger partial charge in [-0.05, 0) is 43.7 Å². The summed E-state index contributed by atoms with van der Waals surface area (Å²) in [5.41, 5.74) is 0.678. The lowest BCUT2D eigenvalue weighted by Crippen LogP contribution is -2.31. The van der Waals surface area contributed by atoms with Crippen molar-refractivity contribution in [2.75, 3.05) is 12.0 Å². The van der Waals surface area contributed by atoms with E-state index in [1.165, 1.54) is 7.11 Å². The molecule has 0 bridgehead atoms. The predicted octanol–water partition coefficient (Wildman–Crippen LogP) is 3.32. The summed E-state index contributed by atoms with van der Waals surface area (Å²) >= 11 is 0. The third kappa shape index (κ3) is 3.01. The van der Waals surface area contributed by atoms with Crippen LogP contribution in [0.25, 0.3) is 5.57 Å². The van der Waals surface area contributed by atoms with Crippen molar-refractivity contribution >= 4 is 23.1 Å². The molecule has 134 valence electrons. The molecule has 0 aromatic heterocycles. The number of nitrogens with zero attached hydrogens (tertiary/aromatic N) is 1. The molecule has 3 rings (SSSR count). The first kappa shape index (κ1) is 17.5. The van der Waals surface area contributed by atoms with Gasteiger partial charge in [-0.25, -0.2) is 4.90 Å². The van der Waals surface area contributed by atoms with Crippen LogP contribution in [0.15, 0.2) is 54.3 Å². The normalized spacial score (nSPS) is 14.4. The molecule has 0 aliphatic carbocycles. The summed E-state index contributed by atoms with van der Waals surface area (Å²) in [6.45, 7) is 3.82. The molecular weight excluding hydrogens is 334 g/mol. The lowest BCUT2D eigenvalue weighted by Gasteiger charge is -2.17. The third-order valence-electron chi connectivity index (χ3n) is 3.90. The van der Waals surface area contributed by atoms with Crippen LogP contribution in [0.4, 0.5) is 5.69 Å². The molecular formula is C20H19NO5. The highest BCUT2D eigenvalue weighted by molar-refractivity contribution is 6.45. The predicted molar refractivity (Wildman–Crippen MR) is 97.2 cm³/mol. The molecule has 2 amide bonds. The number of amides is 2. The minimum absolute atomic E-state index is 0.0178. The number of carbonyl (C=O) groups is 2. The van der Waals surface area contributed by atoms with E-state index in [9.17, 15) is 14.7 Å². The fraction of sp³-hybridized carbons (Fsp3) is 0.200. The van der Waals surface area contributed by atoms with Crippen LogP contribution in [-0.2, 0) is 9.59 Å². The summed E-state index contributed by atoms with van der Waals surface area (Å²) < 4.78 is 10.8. The van der Waals surface area contributed by atoms with Gasteiger partial charge in [0, 0.05) is 0 Å². The number of rotatable bonds is 5. The first-order chi connectivity index (χ1) is 12.4. The fourth-order valence-electron chi connectivity index (χ4n) is 2.78. The molecule has 0 saturated heterocycles. The lowest BCUT2D eigenvalue weighted by molar-refractivity contribution is -0.121. The molecule has 2 aromatic carbocycles. The Labute approximate surface area is 151 Å². The van der Waals surface area contributed by atoms with Gasteiger partial charge in [-0.15, -0.1) is 0 Å². The van der Waals surface area contributed by atoms with Crippen LogP contribution >= 0.6 is 0 Å².